The summed E-state index contributed by atoms with van der Waals surface area (Å²) in [6.07, 6.45) is 1.33. The molecule has 1 aliphatic heterocycles. The fraction of sp³-hybridized carbons (Fsp3) is 0.706. The lowest BCUT2D eigenvalue weighted by Crippen LogP contribution is -2.68. The quantitative estimate of drug-likeness (QED) is 0.845. The Hall–Kier alpha value is -2.25. The minimum absolute atomic E-state index is 0.0846. The largest absolute Gasteiger partial charge is 0.481 e. The molecule has 2 heterocycles. The molecule has 2 N–H and O–H groups in total. The summed E-state index contributed by atoms with van der Waals surface area (Å²) in [6, 6.07) is 0. The zero-order chi connectivity index (χ0) is 19.0. The number of aryl methyl sites for hydroxylation is 1. The third-order valence-electron chi connectivity index (χ3n) is 3.93. The van der Waals surface area contributed by atoms with Crippen molar-refractivity contribution in [1.29, 1.82) is 0 Å². The summed E-state index contributed by atoms with van der Waals surface area (Å²) in [6.45, 7) is 10.0. The van der Waals surface area contributed by atoms with Crippen LogP contribution in [0.15, 0.2) is 6.20 Å². The van der Waals surface area contributed by atoms with E-state index in [1.165, 1.54) is 4.90 Å². The number of aromatic nitrogens is 2. The van der Waals surface area contributed by atoms with Gasteiger partial charge in [0.2, 0.25) is 0 Å². The van der Waals surface area contributed by atoms with Gasteiger partial charge < -0.3 is 20.1 Å². The van der Waals surface area contributed by atoms with E-state index in [9.17, 15) is 14.7 Å². The minimum atomic E-state index is -0.911. The van der Waals surface area contributed by atoms with Crippen LogP contribution in [0, 0.1) is 0 Å². The summed E-state index contributed by atoms with van der Waals surface area (Å²) in [4.78, 5) is 25.0. The van der Waals surface area contributed by atoms with Crippen LogP contribution < -0.4 is 5.32 Å². The second kappa shape index (κ2) is 6.57. The molecule has 0 bridgehead atoms. The maximum Gasteiger partial charge on any atom is 0.410 e. The predicted octanol–water partition coefficient (Wildman–Crippen LogP) is 2.42. The van der Waals surface area contributed by atoms with Crippen molar-refractivity contribution < 1.29 is 19.4 Å². The first-order chi connectivity index (χ1) is 11.4. The Kier molecular flexibility index (Phi) is 5.02. The Bertz CT molecular complexity index is 654. The number of ether oxygens (including phenoxy) is 1. The fourth-order valence-corrected chi connectivity index (χ4v) is 2.98. The van der Waals surface area contributed by atoms with Gasteiger partial charge in [0.15, 0.2) is 0 Å². The Labute approximate surface area is 148 Å². The van der Waals surface area contributed by atoms with E-state index in [4.69, 9.17) is 4.74 Å². The summed E-state index contributed by atoms with van der Waals surface area (Å²) < 4.78 is 7.06. The summed E-state index contributed by atoms with van der Waals surface area (Å²) in [5, 5.41) is 17.1. The second-order valence-corrected chi connectivity index (χ2v) is 8.07. The second-order valence-electron chi connectivity index (χ2n) is 8.07. The van der Waals surface area contributed by atoms with Gasteiger partial charge in [0, 0.05) is 26.3 Å². The Balaban J connectivity index is 2.14. The van der Waals surface area contributed by atoms with Crippen molar-refractivity contribution >= 4 is 17.7 Å². The van der Waals surface area contributed by atoms with Crippen LogP contribution in [0.25, 0.3) is 0 Å². The molecule has 0 saturated carbocycles. The Morgan fingerprint density at radius 2 is 2.00 bits per heavy atom. The molecule has 8 heteroatoms. The minimum Gasteiger partial charge on any atom is -0.481 e. The third kappa shape index (κ3) is 4.64. The molecule has 1 aromatic heterocycles. The van der Waals surface area contributed by atoms with Crippen LogP contribution in [0.4, 0.5) is 10.5 Å². The number of likely N-dealkylation sites (tertiary alicyclic amines) is 1. The average molecular weight is 352 g/mol. The molecule has 1 saturated heterocycles. The van der Waals surface area contributed by atoms with E-state index in [2.05, 4.69) is 10.4 Å². The molecule has 1 aliphatic rings. The van der Waals surface area contributed by atoms with Crippen molar-refractivity contribution in [3.63, 3.8) is 0 Å². The first-order valence-corrected chi connectivity index (χ1v) is 8.42. The molecule has 0 spiro atoms. The number of anilines is 1. The maximum atomic E-state index is 12.2. The molecular weight excluding hydrogens is 324 g/mol. The number of nitrogens with zero attached hydrogens (tertiary/aromatic N) is 3. The van der Waals surface area contributed by atoms with E-state index < -0.39 is 23.2 Å². The molecular formula is C17H28N4O4. The Morgan fingerprint density at radius 3 is 2.48 bits per heavy atom. The number of carbonyl (C=O) groups excluding carboxylic acids is 1. The van der Waals surface area contributed by atoms with Gasteiger partial charge in [-0.25, -0.2) is 4.79 Å². The third-order valence-corrected chi connectivity index (χ3v) is 3.93. The Morgan fingerprint density at radius 1 is 1.40 bits per heavy atom. The first-order valence-electron chi connectivity index (χ1n) is 8.42. The topological polar surface area (TPSA) is 96.7 Å². The number of amides is 1. The lowest BCUT2D eigenvalue weighted by atomic mass is 9.86. The van der Waals surface area contributed by atoms with Crippen LogP contribution in [0.3, 0.4) is 0 Å². The molecule has 0 aliphatic carbocycles. The average Bonchev–Trinajstić information content (AvgIpc) is 2.73. The monoisotopic (exact) mass is 352 g/mol. The van der Waals surface area contributed by atoms with E-state index in [0.29, 0.717) is 0 Å². The van der Waals surface area contributed by atoms with Crippen LogP contribution in [0.1, 0.15) is 52.7 Å². The van der Waals surface area contributed by atoms with E-state index in [1.54, 1.807) is 25.5 Å². The highest BCUT2D eigenvalue weighted by molar-refractivity contribution is 5.74. The SMILES string of the molecule is CC(C)c1nn(C)cc1NC1(CC(=O)O)CN(C(=O)OC(C)(C)C)C1. The molecule has 0 radical (unpaired) electrons. The van der Waals surface area contributed by atoms with E-state index in [0.717, 1.165) is 11.4 Å². The molecule has 25 heavy (non-hydrogen) atoms. The van der Waals surface area contributed by atoms with Crippen LogP contribution in [-0.2, 0) is 16.6 Å². The number of nitrogens with one attached hydrogen (secondary N) is 1. The maximum absolute atomic E-state index is 12.2. The number of hydrogen-bond acceptors (Lipinski definition) is 5. The van der Waals surface area contributed by atoms with Gasteiger partial charge in [-0.3, -0.25) is 9.48 Å². The molecule has 1 fully saturated rings. The van der Waals surface area contributed by atoms with Gasteiger partial charge in [0.1, 0.15) is 5.60 Å². The normalized spacial score (nSPS) is 16.5. The molecule has 0 aromatic carbocycles. The number of rotatable bonds is 5. The zero-order valence-electron chi connectivity index (χ0n) is 15.8. The van der Waals surface area contributed by atoms with Gasteiger partial charge in [-0.05, 0) is 26.7 Å². The molecule has 8 nitrogen and oxygen atoms in total. The van der Waals surface area contributed by atoms with Gasteiger partial charge in [-0.2, -0.15) is 5.10 Å². The number of carboxylic acids is 1. The molecule has 1 amide bonds. The van der Waals surface area contributed by atoms with E-state index >= 15 is 0 Å². The molecule has 2 rings (SSSR count). The van der Waals surface area contributed by atoms with Crippen molar-refractivity contribution in [3.05, 3.63) is 11.9 Å². The van der Waals surface area contributed by atoms with Gasteiger partial charge in [-0.1, -0.05) is 13.8 Å². The first kappa shape index (κ1) is 19.1. The van der Waals surface area contributed by atoms with Crippen LogP contribution >= 0.6 is 0 Å². The van der Waals surface area contributed by atoms with Crippen molar-refractivity contribution in [1.82, 2.24) is 14.7 Å². The number of hydrogen-bond donors (Lipinski definition) is 2. The van der Waals surface area contributed by atoms with Gasteiger partial charge in [0.05, 0.1) is 23.3 Å². The van der Waals surface area contributed by atoms with Crippen LogP contribution in [0.5, 0.6) is 0 Å². The van der Waals surface area contributed by atoms with E-state index in [-0.39, 0.29) is 25.4 Å². The number of carbonyl (C=O) groups is 2. The molecule has 140 valence electrons. The van der Waals surface area contributed by atoms with Crippen molar-refractivity contribution in [2.24, 2.45) is 7.05 Å². The van der Waals surface area contributed by atoms with Crippen LogP contribution in [-0.4, -0.2) is 56.1 Å². The number of aliphatic carboxylic acids is 1. The summed E-state index contributed by atoms with van der Waals surface area (Å²) in [7, 11) is 1.83. The van der Waals surface area contributed by atoms with Gasteiger partial charge in [-0.15, -0.1) is 0 Å². The van der Waals surface area contributed by atoms with Gasteiger partial charge >= 0.3 is 12.1 Å². The molecule has 0 atom stereocenters. The summed E-state index contributed by atoms with van der Waals surface area (Å²) >= 11 is 0. The highest BCUT2D eigenvalue weighted by atomic mass is 16.6. The van der Waals surface area contributed by atoms with E-state index in [1.807, 2.05) is 27.1 Å². The van der Waals surface area contributed by atoms with Crippen molar-refractivity contribution in [3.8, 4) is 0 Å². The highest BCUT2D eigenvalue weighted by Crippen LogP contribution is 2.33. The standard InChI is InChI=1S/C17H28N4O4/c1-11(2)14-12(8-20(6)19-14)18-17(7-13(22)23)9-21(10-17)15(24)25-16(3,4)5/h8,11,18H,7,9-10H2,1-6H3,(H,22,23). The molecule has 1 aromatic rings. The predicted molar refractivity (Wildman–Crippen MR) is 93.7 cm³/mol. The lowest BCUT2D eigenvalue weighted by molar-refractivity contribution is -0.139. The van der Waals surface area contributed by atoms with Gasteiger partial charge in [0.25, 0.3) is 0 Å². The van der Waals surface area contributed by atoms with Crippen molar-refractivity contribution in [2.45, 2.75) is 58.1 Å². The number of carboxylic acid groups (broad SMARTS) is 1. The van der Waals surface area contributed by atoms with Crippen molar-refractivity contribution in [2.75, 3.05) is 18.4 Å². The summed E-state index contributed by atoms with van der Waals surface area (Å²) in [5.41, 5.74) is 0.393. The highest BCUT2D eigenvalue weighted by Gasteiger charge is 2.48. The molecule has 0 unspecified atom stereocenters. The lowest BCUT2D eigenvalue weighted by Gasteiger charge is -2.50. The fourth-order valence-electron chi connectivity index (χ4n) is 2.98. The zero-order valence-corrected chi connectivity index (χ0v) is 15.8. The van der Waals surface area contributed by atoms with Crippen LogP contribution in [0.2, 0.25) is 0 Å². The smallest absolute Gasteiger partial charge is 0.410 e. The summed E-state index contributed by atoms with van der Waals surface area (Å²) in [5.74, 6) is -0.709.